The maximum absolute atomic E-state index is 13.1. The molecule has 5 nitrogen and oxygen atoms in total. The zero-order chi connectivity index (χ0) is 18.5. The van der Waals surface area contributed by atoms with Crippen molar-refractivity contribution in [2.75, 3.05) is 26.2 Å². The highest BCUT2D eigenvalue weighted by molar-refractivity contribution is 5.88. The van der Waals surface area contributed by atoms with E-state index >= 15 is 0 Å². The topological polar surface area (TPSA) is 61.4 Å². The molecule has 0 aliphatic carbocycles. The molecule has 0 aromatic heterocycles. The number of hydrogen-bond donors (Lipinski definition) is 2. The predicted octanol–water partition coefficient (Wildman–Crippen LogP) is 1.83. The minimum atomic E-state index is -0.442. The molecule has 0 bridgehead atoms. The van der Waals surface area contributed by atoms with E-state index in [0.29, 0.717) is 18.3 Å². The first-order chi connectivity index (χ1) is 12.5. The van der Waals surface area contributed by atoms with Gasteiger partial charge >= 0.3 is 0 Å². The first-order valence-electron chi connectivity index (χ1n) is 9.87. The van der Waals surface area contributed by atoms with Crippen LogP contribution in [0.25, 0.3) is 0 Å². The van der Waals surface area contributed by atoms with E-state index in [0.717, 1.165) is 44.6 Å². The number of benzene rings is 1. The van der Waals surface area contributed by atoms with Crippen LogP contribution in [0.15, 0.2) is 30.3 Å². The number of nitrogens with zero attached hydrogens (tertiary/aromatic N) is 1. The van der Waals surface area contributed by atoms with Crippen molar-refractivity contribution in [3.8, 4) is 0 Å². The molecule has 2 amide bonds. The second-order valence-corrected chi connectivity index (χ2v) is 8.03. The fourth-order valence-electron chi connectivity index (χ4n) is 4.15. The zero-order valence-corrected chi connectivity index (χ0v) is 15.9. The van der Waals surface area contributed by atoms with Crippen LogP contribution in [0.2, 0.25) is 0 Å². The van der Waals surface area contributed by atoms with Gasteiger partial charge in [-0.25, -0.2) is 0 Å². The van der Waals surface area contributed by atoms with Crippen LogP contribution < -0.4 is 10.6 Å². The average Bonchev–Trinajstić information content (AvgIpc) is 2.98. The van der Waals surface area contributed by atoms with Crippen molar-refractivity contribution in [3.05, 3.63) is 35.9 Å². The second kappa shape index (κ2) is 8.67. The molecule has 3 rings (SSSR count). The molecular weight excluding hydrogens is 326 g/mol. The van der Waals surface area contributed by atoms with Crippen molar-refractivity contribution < 1.29 is 9.59 Å². The van der Waals surface area contributed by atoms with E-state index in [1.54, 1.807) is 0 Å². The molecule has 1 unspecified atom stereocenters. The van der Waals surface area contributed by atoms with Crippen molar-refractivity contribution in [1.29, 1.82) is 0 Å². The highest BCUT2D eigenvalue weighted by Gasteiger charge is 2.34. The molecule has 2 heterocycles. The Kier molecular flexibility index (Phi) is 6.30. The van der Waals surface area contributed by atoms with Crippen LogP contribution >= 0.6 is 0 Å². The lowest BCUT2D eigenvalue weighted by Gasteiger charge is -2.29. The highest BCUT2D eigenvalue weighted by atomic mass is 16.2. The lowest BCUT2D eigenvalue weighted by Crippen LogP contribution is -2.52. The van der Waals surface area contributed by atoms with Gasteiger partial charge < -0.3 is 15.5 Å². The van der Waals surface area contributed by atoms with Gasteiger partial charge in [-0.05, 0) is 49.2 Å². The summed E-state index contributed by atoms with van der Waals surface area (Å²) in [5, 5.41) is 6.46. The minimum Gasteiger partial charge on any atom is -0.344 e. The number of carbonyl (C=O) groups excluding carboxylic acids is 2. The quantitative estimate of drug-likeness (QED) is 0.845. The number of amides is 2. The van der Waals surface area contributed by atoms with Gasteiger partial charge in [-0.1, -0.05) is 44.2 Å². The Balaban J connectivity index is 1.59. The van der Waals surface area contributed by atoms with Crippen LogP contribution in [0.1, 0.15) is 32.3 Å². The number of nitrogens with one attached hydrogen (secondary N) is 2. The van der Waals surface area contributed by atoms with Crippen LogP contribution in [-0.4, -0.2) is 48.9 Å². The van der Waals surface area contributed by atoms with E-state index in [-0.39, 0.29) is 17.7 Å². The third kappa shape index (κ3) is 4.64. The molecule has 2 aliphatic heterocycles. The van der Waals surface area contributed by atoms with Gasteiger partial charge in [0.1, 0.15) is 6.04 Å². The van der Waals surface area contributed by atoms with E-state index in [9.17, 15) is 9.59 Å². The summed E-state index contributed by atoms with van der Waals surface area (Å²) < 4.78 is 0. The third-order valence-corrected chi connectivity index (χ3v) is 5.79. The largest absolute Gasteiger partial charge is 0.344 e. The number of carbonyl (C=O) groups is 2. The second-order valence-electron chi connectivity index (χ2n) is 8.03. The Hall–Kier alpha value is -1.88. The van der Waals surface area contributed by atoms with Crippen LogP contribution in [0.5, 0.6) is 0 Å². The number of fused-ring (bicyclic) bond motifs is 1. The van der Waals surface area contributed by atoms with E-state index < -0.39 is 6.04 Å². The molecule has 2 N–H and O–H groups in total. The third-order valence-electron chi connectivity index (χ3n) is 5.79. The van der Waals surface area contributed by atoms with Gasteiger partial charge in [0.15, 0.2) is 0 Å². The summed E-state index contributed by atoms with van der Waals surface area (Å²) in [5.41, 5.74) is 0.968. The van der Waals surface area contributed by atoms with Crippen LogP contribution in [0, 0.1) is 17.8 Å². The SMILES string of the molecule is CC(C)C(NC(=O)Cc1ccccc1)C(=O)N1CC[C@@H]2CNC[C@@H]2CC1. The fraction of sp³-hybridized carbons (Fsp3) is 0.619. The first-order valence-corrected chi connectivity index (χ1v) is 9.87. The van der Waals surface area contributed by atoms with E-state index in [4.69, 9.17) is 0 Å². The maximum Gasteiger partial charge on any atom is 0.245 e. The maximum atomic E-state index is 13.1. The van der Waals surface area contributed by atoms with Gasteiger partial charge in [0.25, 0.3) is 0 Å². The van der Waals surface area contributed by atoms with Crippen LogP contribution in [0.4, 0.5) is 0 Å². The Morgan fingerprint density at radius 2 is 1.73 bits per heavy atom. The lowest BCUT2D eigenvalue weighted by molar-refractivity contribution is -0.137. The molecule has 1 aromatic rings. The van der Waals surface area contributed by atoms with Gasteiger partial charge in [0.2, 0.25) is 11.8 Å². The van der Waals surface area contributed by atoms with Gasteiger partial charge in [-0.2, -0.15) is 0 Å². The Morgan fingerprint density at radius 3 is 2.31 bits per heavy atom. The Morgan fingerprint density at radius 1 is 1.12 bits per heavy atom. The summed E-state index contributed by atoms with van der Waals surface area (Å²) in [4.78, 5) is 27.5. The van der Waals surface area contributed by atoms with Crippen molar-refractivity contribution in [3.63, 3.8) is 0 Å². The summed E-state index contributed by atoms with van der Waals surface area (Å²) >= 11 is 0. The summed E-state index contributed by atoms with van der Waals surface area (Å²) in [5.74, 6) is 1.45. The smallest absolute Gasteiger partial charge is 0.245 e. The standard InChI is InChI=1S/C21H31N3O2/c1-15(2)20(23-19(25)12-16-6-4-3-5-7-16)21(26)24-10-8-17-13-22-14-18(17)9-11-24/h3-7,15,17-18,20,22H,8-14H2,1-2H3,(H,23,25)/t17-,18+,20?. The van der Waals surface area contributed by atoms with Crippen LogP contribution in [0.3, 0.4) is 0 Å². The van der Waals surface area contributed by atoms with Crippen molar-refractivity contribution in [1.82, 2.24) is 15.5 Å². The lowest BCUT2D eigenvalue weighted by atomic mass is 9.92. The normalized spacial score (nSPS) is 24.0. The van der Waals surface area contributed by atoms with Crippen molar-refractivity contribution in [2.45, 2.75) is 39.2 Å². The summed E-state index contributed by atoms with van der Waals surface area (Å²) in [6.45, 7) is 7.77. The molecule has 3 atom stereocenters. The fourth-order valence-corrected chi connectivity index (χ4v) is 4.15. The first kappa shape index (κ1) is 18.9. The highest BCUT2D eigenvalue weighted by Crippen LogP contribution is 2.27. The Labute approximate surface area is 156 Å². The van der Waals surface area contributed by atoms with Crippen molar-refractivity contribution in [2.24, 2.45) is 17.8 Å². The van der Waals surface area contributed by atoms with Crippen LogP contribution in [-0.2, 0) is 16.0 Å². The van der Waals surface area contributed by atoms with Crippen molar-refractivity contribution >= 4 is 11.8 Å². The summed E-state index contributed by atoms with van der Waals surface area (Å²) in [6, 6.07) is 9.22. The molecule has 1 aromatic carbocycles. The molecule has 2 aliphatic rings. The van der Waals surface area contributed by atoms with E-state index in [2.05, 4.69) is 10.6 Å². The minimum absolute atomic E-state index is 0.0756. The van der Waals surface area contributed by atoms with E-state index in [1.807, 2.05) is 49.1 Å². The number of rotatable bonds is 5. The predicted molar refractivity (Wildman–Crippen MR) is 103 cm³/mol. The molecule has 5 heteroatoms. The molecule has 0 radical (unpaired) electrons. The van der Waals surface area contributed by atoms with E-state index in [1.165, 1.54) is 0 Å². The molecule has 2 saturated heterocycles. The van der Waals surface area contributed by atoms with Gasteiger partial charge in [0.05, 0.1) is 6.42 Å². The molecule has 26 heavy (non-hydrogen) atoms. The molecule has 0 saturated carbocycles. The molecule has 2 fully saturated rings. The number of likely N-dealkylation sites (tertiary alicyclic amines) is 1. The number of hydrogen-bond acceptors (Lipinski definition) is 3. The monoisotopic (exact) mass is 357 g/mol. The molecule has 0 spiro atoms. The van der Waals surface area contributed by atoms with Gasteiger partial charge in [-0.3, -0.25) is 9.59 Å². The molecule has 142 valence electrons. The summed E-state index contributed by atoms with van der Waals surface area (Å²) in [6.07, 6.45) is 2.44. The van der Waals surface area contributed by atoms with Gasteiger partial charge in [0, 0.05) is 13.1 Å². The molecular formula is C21H31N3O2. The summed E-state index contributed by atoms with van der Waals surface area (Å²) in [7, 11) is 0. The zero-order valence-electron chi connectivity index (χ0n) is 15.9. The Bertz CT molecular complexity index is 603. The van der Waals surface area contributed by atoms with Gasteiger partial charge in [-0.15, -0.1) is 0 Å². The average molecular weight is 357 g/mol.